The van der Waals surface area contributed by atoms with E-state index in [4.69, 9.17) is 5.73 Å². The van der Waals surface area contributed by atoms with Crippen LogP contribution in [0.1, 0.15) is 19.3 Å². The molecular formula is C18H25N5. The van der Waals surface area contributed by atoms with Crippen LogP contribution in [0.3, 0.4) is 0 Å². The molecule has 5 nitrogen and oxygen atoms in total. The first kappa shape index (κ1) is 15.8. The molecule has 1 aromatic carbocycles. The summed E-state index contributed by atoms with van der Waals surface area (Å²) < 4.78 is 0. The van der Waals surface area contributed by atoms with Crippen molar-refractivity contribution in [3.8, 4) is 0 Å². The highest BCUT2D eigenvalue weighted by Gasteiger charge is 2.22. The number of para-hydroxylation sites is 2. The summed E-state index contributed by atoms with van der Waals surface area (Å²) in [6.45, 7) is 6.60. The lowest BCUT2D eigenvalue weighted by molar-refractivity contribution is 0.328. The van der Waals surface area contributed by atoms with E-state index in [1.165, 1.54) is 11.1 Å². The number of aliphatic imine (C=N–C) groups is 1. The van der Waals surface area contributed by atoms with Gasteiger partial charge in [-0.3, -0.25) is 4.99 Å². The van der Waals surface area contributed by atoms with Crippen LogP contribution in [0.4, 0.5) is 11.4 Å². The Morgan fingerprint density at radius 1 is 1.35 bits per heavy atom. The van der Waals surface area contributed by atoms with E-state index in [1.54, 1.807) is 0 Å². The summed E-state index contributed by atoms with van der Waals surface area (Å²) in [6.07, 6.45) is 7.37. The molecule has 0 aromatic heterocycles. The third kappa shape index (κ3) is 4.00. The van der Waals surface area contributed by atoms with E-state index in [-0.39, 0.29) is 6.04 Å². The summed E-state index contributed by atoms with van der Waals surface area (Å²) in [7, 11) is 0. The quantitative estimate of drug-likeness (QED) is 0.535. The lowest BCUT2D eigenvalue weighted by atomic mass is 10.1. The Balaban J connectivity index is 1.55. The Labute approximate surface area is 137 Å². The molecule has 0 bridgehead atoms. The number of anilines is 1. The van der Waals surface area contributed by atoms with Crippen LogP contribution in [0.15, 0.2) is 53.2 Å². The van der Waals surface area contributed by atoms with Crippen LogP contribution in [0, 0.1) is 0 Å². The van der Waals surface area contributed by atoms with Gasteiger partial charge >= 0.3 is 0 Å². The second kappa shape index (κ2) is 7.44. The second-order valence-electron chi connectivity index (χ2n) is 6.08. The molecule has 2 heterocycles. The summed E-state index contributed by atoms with van der Waals surface area (Å²) in [5, 5.41) is 5.66. The molecule has 0 aliphatic carbocycles. The van der Waals surface area contributed by atoms with Gasteiger partial charge in [0.2, 0.25) is 0 Å². The van der Waals surface area contributed by atoms with E-state index in [0.29, 0.717) is 0 Å². The van der Waals surface area contributed by atoms with E-state index in [2.05, 4.69) is 39.6 Å². The average Bonchev–Trinajstić information content (AvgIpc) is 3.03. The fourth-order valence-corrected chi connectivity index (χ4v) is 2.87. The van der Waals surface area contributed by atoms with Crippen molar-refractivity contribution in [2.75, 3.05) is 25.0 Å². The van der Waals surface area contributed by atoms with Gasteiger partial charge in [0.15, 0.2) is 0 Å². The van der Waals surface area contributed by atoms with Crippen molar-refractivity contribution < 1.29 is 0 Å². The van der Waals surface area contributed by atoms with Crippen LogP contribution in [0.2, 0.25) is 0 Å². The van der Waals surface area contributed by atoms with Gasteiger partial charge in [0.25, 0.3) is 0 Å². The van der Waals surface area contributed by atoms with Gasteiger partial charge in [-0.1, -0.05) is 24.3 Å². The summed E-state index contributed by atoms with van der Waals surface area (Å²) in [5.74, 6) is 0. The van der Waals surface area contributed by atoms with Gasteiger partial charge in [0.05, 0.1) is 24.0 Å². The summed E-state index contributed by atoms with van der Waals surface area (Å²) in [4.78, 5) is 4.55. The Morgan fingerprint density at radius 2 is 2.22 bits per heavy atom. The Hall–Kier alpha value is -2.11. The standard InChI is InChI=1S/C18H25N5/c1-14(6-4-5-9-19)12-23-13-15(10-21-23)18-11-20-16-7-2-3-8-17(16)22-18/h2-3,7-8,11,13,18,21-22H,1,4-6,9-10,12,19H2. The molecule has 1 atom stereocenters. The SMILES string of the molecule is C=C(CCCCN)CN1C=C(C2C=Nc3ccccc3N2)CN1. The number of nitrogens with zero attached hydrogens (tertiary/aromatic N) is 2. The van der Waals surface area contributed by atoms with Crippen LogP contribution < -0.4 is 16.5 Å². The van der Waals surface area contributed by atoms with Crippen molar-refractivity contribution in [1.82, 2.24) is 10.4 Å². The number of hydrogen-bond donors (Lipinski definition) is 3. The molecule has 0 spiro atoms. The van der Waals surface area contributed by atoms with Crippen molar-refractivity contribution in [2.24, 2.45) is 10.7 Å². The fraction of sp³-hybridized carbons (Fsp3) is 0.389. The maximum atomic E-state index is 5.53. The van der Waals surface area contributed by atoms with Crippen LogP contribution in [0.25, 0.3) is 0 Å². The van der Waals surface area contributed by atoms with E-state index in [9.17, 15) is 0 Å². The largest absolute Gasteiger partial charge is 0.372 e. The number of hydrazine groups is 1. The minimum atomic E-state index is 0.146. The maximum absolute atomic E-state index is 5.53. The Morgan fingerprint density at radius 3 is 3.09 bits per heavy atom. The van der Waals surface area contributed by atoms with Crippen molar-refractivity contribution >= 4 is 17.6 Å². The minimum Gasteiger partial charge on any atom is -0.372 e. The summed E-state index contributed by atoms with van der Waals surface area (Å²) in [6, 6.07) is 8.27. The second-order valence-corrected chi connectivity index (χ2v) is 6.08. The van der Waals surface area contributed by atoms with Gasteiger partial charge in [0, 0.05) is 19.0 Å². The molecule has 3 rings (SSSR count). The molecule has 2 aliphatic rings. The van der Waals surface area contributed by atoms with Crippen molar-refractivity contribution in [1.29, 1.82) is 0 Å². The molecule has 1 aromatic rings. The average molecular weight is 311 g/mol. The molecule has 0 saturated carbocycles. The number of fused-ring (bicyclic) bond motifs is 1. The molecule has 0 fully saturated rings. The van der Waals surface area contributed by atoms with Gasteiger partial charge in [-0.05, 0) is 43.5 Å². The van der Waals surface area contributed by atoms with Crippen molar-refractivity contribution in [3.05, 3.63) is 48.2 Å². The zero-order valence-electron chi connectivity index (χ0n) is 13.5. The molecule has 0 saturated heterocycles. The van der Waals surface area contributed by atoms with Gasteiger partial charge in [-0.15, -0.1) is 0 Å². The first-order chi connectivity index (χ1) is 11.3. The van der Waals surface area contributed by atoms with Crippen LogP contribution in [-0.2, 0) is 0 Å². The molecule has 5 heteroatoms. The topological polar surface area (TPSA) is 65.7 Å². The van der Waals surface area contributed by atoms with E-state index in [1.807, 2.05) is 24.4 Å². The molecular weight excluding hydrogens is 286 g/mol. The van der Waals surface area contributed by atoms with E-state index < -0.39 is 0 Å². The van der Waals surface area contributed by atoms with E-state index >= 15 is 0 Å². The highest BCUT2D eigenvalue weighted by molar-refractivity contribution is 5.85. The van der Waals surface area contributed by atoms with E-state index in [0.717, 1.165) is 50.3 Å². The fourth-order valence-electron chi connectivity index (χ4n) is 2.87. The number of hydrogen-bond acceptors (Lipinski definition) is 5. The molecule has 4 N–H and O–H groups in total. The maximum Gasteiger partial charge on any atom is 0.0861 e. The van der Waals surface area contributed by atoms with Crippen LogP contribution >= 0.6 is 0 Å². The predicted octanol–water partition coefficient (Wildman–Crippen LogP) is 2.57. The number of nitrogens with two attached hydrogens (primary N) is 1. The molecule has 122 valence electrons. The minimum absolute atomic E-state index is 0.146. The number of benzene rings is 1. The first-order valence-corrected chi connectivity index (χ1v) is 8.23. The van der Waals surface area contributed by atoms with Gasteiger partial charge in [0.1, 0.15) is 0 Å². The third-order valence-corrected chi connectivity index (χ3v) is 4.16. The third-order valence-electron chi connectivity index (χ3n) is 4.16. The normalized spacial score (nSPS) is 19.3. The molecule has 1 unspecified atom stereocenters. The molecule has 2 aliphatic heterocycles. The number of unbranched alkanes of at least 4 members (excludes halogenated alkanes) is 1. The molecule has 0 radical (unpaired) electrons. The zero-order valence-corrected chi connectivity index (χ0v) is 13.5. The highest BCUT2D eigenvalue weighted by atomic mass is 15.5. The number of rotatable bonds is 7. The van der Waals surface area contributed by atoms with Crippen molar-refractivity contribution in [2.45, 2.75) is 25.3 Å². The summed E-state index contributed by atoms with van der Waals surface area (Å²) >= 11 is 0. The molecule has 23 heavy (non-hydrogen) atoms. The Bertz CT molecular complexity index is 620. The number of nitrogens with one attached hydrogen (secondary N) is 2. The van der Waals surface area contributed by atoms with Gasteiger partial charge in [-0.25, -0.2) is 5.43 Å². The highest BCUT2D eigenvalue weighted by Crippen LogP contribution is 2.29. The zero-order chi connectivity index (χ0) is 16.1. The Kier molecular flexibility index (Phi) is 5.10. The lowest BCUT2D eigenvalue weighted by Crippen LogP contribution is -2.32. The smallest absolute Gasteiger partial charge is 0.0861 e. The first-order valence-electron chi connectivity index (χ1n) is 8.23. The molecule has 0 amide bonds. The summed E-state index contributed by atoms with van der Waals surface area (Å²) in [5.41, 5.74) is 13.5. The monoisotopic (exact) mass is 311 g/mol. The van der Waals surface area contributed by atoms with Gasteiger partial charge < -0.3 is 16.1 Å². The lowest BCUT2D eigenvalue weighted by Gasteiger charge is -2.21. The van der Waals surface area contributed by atoms with Crippen LogP contribution in [0.5, 0.6) is 0 Å². The van der Waals surface area contributed by atoms with Crippen molar-refractivity contribution in [3.63, 3.8) is 0 Å². The predicted molar refractivity (Wildman–Crippen MR) is 96.8 cm³/mol. The van der Waals surface area contributed by atoms with Crippen LogP contribution in [-0.4, -0.2) is 36.9 Å². The van der Waals surface area contributed by atoms with Gasteiger partial charge in [-0.2, -0.15) is 0 Å².